The molecule has 0 aliphatic heterocycles. The quantitative estimate of drug-likeness (QED) is 0.535. The summed E-state index contributed by atoms with van der Waals surface area (Å²) in [5, 5.41) is 7.25. The van der Waals surface area contributed by atoms with Gasteiger partial charge in [-0.2, -0.15) is 5.10 Å². The van der Waals surface area contributed by atoms with E-state index in [0.717, 1.165) is 4.90 Å². The summed E-state index contributed by atoms with van der Waals surface area (Å²) in [4.78, 5) is 31.4. The first-order valence-corrected chi connectivity index (χ1v) is 10.2. The highest BCUT2D eigenvalue weighted by Crippen LogP contribution is 2.31. The van der Waals surface area contributed by atoms with Crippen LogP contribution < -0.4 is 10.9 Å². The molecule has 0 unspecified atom stereocenters. The number of hydrogen-bond acceptors (Lipinski definition) is 5. The average molecular weight is 420 g/mol. The van der Waals surface area contributed by atoms with Crippen molar-refractivity contribution in [3.8, 4) is 0 Å². The fraction of sp³-hybridized carbons (Fsp3) is 0.182. The number of fused-ring (bicyclic) bond motifs is 1. The van der Waals surface area contributed by atoms with Crippen LogP contribution in [0.3, 0.4) is 0 Å². The lowest BCUT2D eigenvalue weighted by Gasteiger charge is -2.09. The monoisotopic (exact) mass is 419 g/mol. The second-order valence-electron chi connectivity index (χ2n) is 7.13. The first-order valence-electron chi connectivity index (χ1n) is 9.43. The van der Waals surface area contributed by atoms with Crippen molar-refractivity contribution < 1.29 is 4.79 Å². The van der Waals surface area contributed by atoms with Crippen LogP contribution in [-0.2, 0) is 18.4 Å². The number of benzene rings is 2. The predicted molar refractivity (Wildman–Crippen MR) is 118 cm³/mol. The van der Waals surface area contributed by atoms with E-state index in [4.69, 9.17) is 0 Å². The van der Waals surface area contributed by atoms with Crippen molar-refractivity contribution in [3.63, 3.8) is 0 Å². The third-order valence-corrected chi connectivity index (χ3v) is 5.91. The summed E-state index contributed by atoms with van der Waals surface area (Å²) in [6.45, 7) is 4.06. The highest BCUT2D eigenvalue weighted by Gasteiger charge is 2.11. The second kappa shape index (κ2) is 8.16. The molecule has 1 amide bonds. The molecule has 2 aromatic carbocycles. The highest BCUT2D eigenvalue weighted by molar-refractivity contribution is 7.99. The summed E-state index contributed by atoms with van der Waals surface area (Å²) in [5.41, 5.74) is 3.33. The lowest BCUT2D eigenvalue weighted by molar-refractivity contribution is -0.116. The fourth-order valence-corrected chi connectivity index (χ4v) is 4.08. The third kappa shape index (κ3) is 4.13. The van der Waals surface area contributed by atoms with Gasteiger partial charge < -0.3 is 5.32 Å². The van der Waals surface area contributed by atoms with Crippen LogP contribution in [0.2, 0.25) is 0 Å². The standard InChI is InChI=1S/C22H21N5O2S/c1-14-4-5-15(2)19(10-14)30-17-8-6-16(7-9-17)25-20(28)12-27-13-23-21-18(22(27)29)11-24-26(21)3/h4-11,13H,12H2,1-3H3,(H,25,28). The van der Waals surface area contributed by atoms with E-state index in [2.05, 4.69) is 47.4 Å². The summed E-state index contributed by atoms with van der Waals surface area (Å²) in [6, 6.07) is 14.0. The number of aryl methyl sites for hydroxylation is 3. The van der Waals surface area contributed by atoms with Gasteiger partial charge in [-0.3, -0.25) is 18.8 Å². The smallest absolute Gasteiger partial charge is 0.264 e. The molecule has 7 nitrogen and oxygen atoms in total. The second-order valence-corrected chi connectivity index (χ2v) is 8.24. The SMILES string of the molecule is Cc1ccc(C)c(Sc2ccc(NC(=O)Cn3cnc4c(cnn4C)c3=O)cc2)c1. The third-order valence-electron chi connectivity index (χ3n) is 4.74. The van der Waals surface area contributed by atoms with E-state index in [9.17, 15) is 9.59 Å². The van der Waals surface area contributed by atoms with E-state index in [1.807, 2.05) is 24.3 Å². The maximum Gasteiger partial charge on any atom is 0.264 e. The van der Waals surface area contributed by atoms with Crippen molar-refractivity contribution in [3.05, 3.63) is 76.5 Å². The predicted octanol–water partition coefficient (Wildman–Crippen LogP) is 3.54. The Hall–Kier alpha value is -3.39. The molecule has 4 aromatic rings. The minimum atomic E-state index is -0.294. The minimum absolute atomic E-state index is 0.115. The van der Waals surface area contributed by atoms with Crippen LogP contribution in [0.25, 0.3) is 11.0 Å². The summed E-state index contributed by atoms with van der Waals surface area (Å²) in [6.07, 6.45) is 2.83. The molecule has 0 atom stereocenters. The molecule has 0 fully saturated rings. The first kappa shape index (κ1) is 19.9. The zero-order chi connectivity index (χ0) is 21.3. The van der Waals surface area contributed by atoms with E-state index >= 15 is 0 Å². The van der Waals surface area contributed by atoms with Crippen molar-refractivity contribution in [2.75, 3.05) is 5.32 Å². The molecular weight excluding hydrogens is 398 g/mol. The van der Waals surface area contributed by atoms with Crippen LogP contribution in [0.1, 0.15) is 11.1 Å². The molecular formula is C22H21N5O2S. The maximum atomic E-state index is 12.5. The molecule has 152 valence electrons. The van der Waals surface area contributed by atoms with Gasteiger partial charge in [0.1, 0.15) is 18.3 Å². The van der Waals surface area contributed by atoms with E-state index in [0.29, 0.717) is 16.7 Å². The number of rotatable bonds is 5. The molecule has 1 N–H and O–H groups in total. The van der Waals surface area contributed by atoms with Gasteiger partial charge in [0.15, 0.2) is 5.65 Å². The Morgan fingerprint density at radius 3 is 2.67 bits per heavy atom. The molecule has 4 rings (SSSR count). The number of amides is 1. The zero-order valence-electron chi connectivity index (χ0n) is 16.9. The molecule has 0 aliphatic rings. The van der Waals surface area contributed by atoms with Crippen LogP contribution in [0.15, 0.2) is 69.6 Å². The summed E-state index contributed by atoms with van der Waals surface area (Å²) in [5.74, 6) is -0.294. The normalized spacial score (nSPS) is 11.0. The van der Waals surface area contributed by atoms with Gasteiger partial charge >= 0.3 is 0 Å². The molecule has 8 heteroatoms. The van der Waals surface area contributed by atoms with Crippen LogP contribution in [0, 0.1) is 13.8 Å². The molecule has 2 aromatic heterocycles. The van der Waals surface area contributed by atoms with Crippen LogP contribution in [0.5, 0.6) is 0 Å². The topological polar surface area (TPSA) is 81.8 Å². The van der Waals surface area contributed by atoms with Gasteiger partial charge in [0, 0.05) is 22.5 Å². The summed E-state index contributed by atoms with van der Waals surface area (Å²) in [7, 11) is 1.72. The Bertz CT molecular complexity index is 1290. The largest absolute Gasteiger partial charge is 0.325 e. The van der Waals surface area contributed by atoms with Crippen molar-refractivity contribution in [1.82, 2.24) is 19.3 Å². The van der Waals surface area contributed by atoms with Gasteiger partial charge in [-0.15, -0.1) is 0 Å². The molecule has 0 saturated heterocycles. The molecule has 2 heterocycles. The number of nitrogens with zero attached hydrogens (tertiary/aromatic N) is 4. The maximum absolute atomic E-state index is 12.5. The Morgan fingerprint density at radius 1 is 1.13 bits per heavy atom. The Kier molecular flexibility index (Phi) is 5.41. The lowest BCUT2D eigenvalue weighted by atomic mass is 10.2. The van der Waals surface area contributed by atoms with Crippen LogP contribution in [-0.4, -0.2) is 25.2 Å². The summed E-state index contributed by atoms with van der Waals surface area (Å²) >= 11 is 1.69. The molecule has 0 saturated carbocycles. The van der Waals surface area contributed by atoms with Crippen molar-refractivity contribution >= 4 is 34.4 Å². The minimum Gasteiger partial charge on any atom is -0.325 e. The summed E-state index contributed by atoms with van der Waals surface area (Å²) < 4.78 is 2.81. The van der Waals surface area contributed by atoms with Crippen LogP contribution in [0.4, 0.5) is 5.69 Å². The molecule has 0 spiro atoms. The molecule has 0 radical (unpaired) electrons. The van der Waals surface area contributed by atoms with Gasteiger partial charge in [0.2, 0.25) is 5.91 Å². The van der Waals surface area contributed by atoms with Gasteiger partial charge in [-0.1, -0.05) is 23.9 Å². The van der Waals surface area contributed by atoms with E-state index in [-0.39, 0.29) is 18.0 Å². The lowest BCUT2D eigenvalue weighted by Crippen LogP contribution is -2.27. The van der Waals surface area contributed by atoms with E-state index < -0.39 is 0 Å². The number of anilines is 1. The fourth-order valence-electron chi connectivity index (χ4n) is 3.08. The number of hydrogen-bond donors (Lipinski definition) is 1. The van der Waals surface area contributed by atoms with Gasteiger partial charge in [-0.05, 0) is 55.3 Å². The number of carbonyl (C=O) groups excluding carboxylic acids is 1. The van der Waals surface area contributed by atoms with Crippen molar-refractivity contribution in [2.24, 2.45) is 7.05 Å². The van der Waals surface area contributed by atoms with Gasteiger partial charge in [-0.25, -0.2) is 4.98 Å². The van der Waals surface area contributed by atoms with Gasteiger partial charge in [0.05, 0.1) is 6.20 Å². The average Bonchev–Trinajstić information content (AvgIpc) is 3.10. The number of carbonyl (C=O) groups is 1. The zero-order valence-corrected chi connectivity index (χ0v) is 17.7. The molecule has 0 aliphatic carbocycles. The number of aromatic nitrogens is 4. The Morgan fingerprint density at radius 2 is 1.90 bits per heavy atom. The van der Waals surface area contributed by atoms with Crippen LogP contribution >= 0.6 is 11.8 Å². The van der Waals surface area contributed by atoms with Gasteiger partial charge in [0.25, 0.3) is 5.56 Å². The van der Waals surface area contributed by atoms with E-state index in [1.165, 1.54) is 37.8 Å². The van der Waals surface area contributed by atoms with Crippen molar-refractivity contribution in [1.29, 1.82) is 0 Å². The number of nitrogens with one attached hydrogen (secondary N) is 1. The highest BCUT2D eigenvalue weighted by atomic mass is 32.2. The van der Waals surface area contributed by atoms with Crippen molar-refractivity contribution in [2.45, 2.75) is 30.2 Å². The van der Waals surface area contributed by atoms with E-state index in [1.54, 1.807) is 18.8 Å². The molecule has 0 bridgehead atoms. The molecule has 30 heavy (non-hydrogen) atoms. The Balaban J connectivity index is 1.43. The first-order chi connectivity index (χ1) is 14.4. The Labute approximate surface area is 177 Å².